The molecule has 1 aromatic heterocycles. The summed E-state index contributed by atoms with van der Waals surface area (Å²) in [6, 6.07) is 19.4. The summed E-state index contributed by atoms with van der Waals surface area (Å²) >= 11 is 1.86. The Balaban J connectivity index is 1.59. The number of hydrogen-bond donors (Lipinski definition) is 1. The first-order valence-corrected chi connectivity index (χ1v) is 12.7. The minimum absolute atomic E-state index is 0.306. The van der Waals surface area contributed by atoms with Gasteiger partial charge < -0.3 is 0 Å². The molecule has 156 valence electrons. The second-order valence-electron chi connectivity index (χ2n) is 7.35. The molecule has 4 rings (SSSR count). The molecule has 0 bridgehead atoms. The molecule has 0 unspecified atom stereocenters. The number of nitrogens with zero attached hydrogens (tertiary/aromatic N) is 2. The standard InChI is InChI=1S/C23H25N3O2S2/c1-18(20-10-6-3-7-11-20)25-30(27,28)15-13-23-21-17-29-14-12-22(21)24-26(23)16-19-8-4-2-5-9-19/h2-11,13,15,18,25H,12,14,16-17H2,1H3/b15-13+/t18-/m1/s1. The molecule has 5 nitrogen and oxygen atoms in total. The van der Waals surface area contributed by atoms with Crippen LogP contribution < -0.4 is 4.72 Å². The van der Waals surface area contributed by atoms with E-state index >= 15 is 0 Å². The summed E-state index contributed by atoms with van der Waals surface area (Å²) in [5, 5.41) is 6.06. The maximum atomic E-state index is 12.7. The molecule has 0 amide bonds. The van der Waals surface area contributed by atoms with Crippen LogP contribution in [0.1, 0.15) is 41.0 Å². The number of aromatic nitrogens is 2. The monoisotopic (exact) mass is 439 g/mol. The van der Waals surface area contributed by atoms with E-state index in [9.17, 15) is 8.42 Å². The smallest absolute Gasteiger partial charge is 0.234 e. The van der Waals surface area contributed by atoms with Crippen molar-refractivity contribution in [2.75, 3.05) is 5.75 Å². The van der Waals surface area contributed by atoms with Crippen molar-refractivity contribution in [2.24, 2.45) is 0 Å². The zero-order valence-electron chi connectivity index (χ0n) is 16.9. The average molecular weight is 440 g/mol. The molecule has 1 N–H and O–H groups in total. The molecule has 0 saturated carbocycles. The van der Waals surface area contributed by atoms with Gasteiger partial charge in [-0.25, -0.2) is 13.1 Å². The Morgan fingerprint density at radius 2 is 1.83 bits per heavy atom. The fraction of sp³-hybridized carbons (Fsp3) is 0.261. The summed E-state index contributed by atoms with van der Waals surface area (Å²) in [6.07, 6.45) is 2.61. The number of sulfonamides is 1. The zero-order valence-corrected chi connectivity index (χ0v) is 18.5. The number of aryl methyl sites for hydroxylation is 1. The minimum Gasteiger partial charge on any atom is -0.260 e. The normalized spacial score (nSPS) is 15.2. The Bertz CT molecular complexity index is 1120. The molecule has 7 heteroatoms. The highest BCUT2D eigenvalue weighted by Gasteiger charge is 2.20. The third-order valence-corrected chi connectivity index (χ3v) is 7.29. The van der Waals surface area contributed by atoms with Gasteiger partial charge in [0, 0.05) is 29.2 Å². The topological polar surface area (TPSA) is 64.0 Å². The van der Waals surface area contributed by atoms with Crippen molar-refractivity contribution in [1.82, 2.24) is 14.5 Å². The first-order valence-electron chi connectivity index (χ1n) is 9.97. The van der Waals surface area contributed by atoms with Gasteiger partial charge in [0.25, 0.3) is 0 Å². The van der Waals surface area contributed by atoms with Gasteiger partial charge in [-0.2, -0.15) is 16.9 Å². The second-order valence-corrected chi connectivity index (χ2v) is 10.1. The van der Waals surface area contributed by atoms with Gasteiger partial charge in [0.05, 0.1) is 17.9 Å². The lowest BCUT2D eigenvalue weighted by atomic mass is 10.1. The molecule has 2 aromatic carbocycles. The molecule has 0 aliphatic carbocycles. The van der Waals surface area contributed by atoms with Crippen molar-refractivity contribution in [3.8, 4) is 0 Å². The van der Waals surface area contributed by atoms with Crippen molar-refractivity contribution >= 4 is 27.9 Å². The van der Waals surface area contributed by atoms with Gasteiger partial charge in [-0.15, -0.1) is 0 Å². The lowest BCUT2D eigenvalue weighted by Gasteiger charge is -2.13. The van der Waals surface area contributed by atoms with Crippen LogP contribution in [0.3, 0.4) is 0 Å². The number of nitrogens with one attached hydrogen (secondary N) is 1. The summed E-state index contributed by atoms with van der Waals surface area (Å²) in [4.78, 5) is 0. The highest BCUT2D eigenvalue weighted by Crippen LogP contribution is 2.28. The first kappa shape index (κ1) is 20.9. The highest BCUT2D eigenvalue weighted by molar-refractivity contribution is 7.98. The van der Waals surface area contributed by atoms with Gasteiger partial charge in [0.2, 0.25) is 10.0 Å². The van der Waals surface area contributed by atoms with Crippen molar-refractivity contribution in [3.05, 3.63) is 94.1 Å². The molecular weight excluding hydrogens is 414 g/mol. The predicted molar refractivity (Wildman–Crippen MR) is 124 cm³/mol. The van der Waals surface area contributed by atoms with Gasteiger partial charge in [0.15, 0.2) is 0 Å². The molecular formula is C23H25N3O2S2. The molecule has 0 fully saturated rings. The highest BCUT2D eigenvalue weighted by atomic mass is 32.2. The van der Waals surface area contributed by atoms with E-state index in [1.165, 1.54) is 5.41 Å². The molecule has 1 aliphatic rings. The van der Waals surface area contributed by atoms with E-state index in [1.807, 2.05) is 71.9 Å². The van der Waals surface area contributed by atoms with Crippen LogP contribution in [0.15, 0.2) is 66.1 Å². The van der Waals surface area contributed by atoms with E-state index in [2.05, 4.69) is 16.9 Å². The first-order chi connectivity index (χ1) is 14.5. The third-order valence-electron chi connectivity index (χ3n) is 5.13. The van der Waals surface area contributed by atoms with Crippen LogP contribution in [0.5, 0.6) is 0 Å². The van der Waals surface area contributed by atoms with Crippen LogP contribution in [0, 0.1) is 0 Å². The van der Waals surface area contributed by atoms with Crippen molar-refractivity contribution < 1.29 is 8.42 Å². The van der Waals surface area contributed by atoms with Gasteiger partial charge in [-0.3, -0.25) is 4.68 Å². The Hall–Kier alpha value is -2.35. The quantitative estimate of drug-likeness (QED) is 0.594. The fourth-order valence-corrected chi connectivity index (χ4v) is 5.59. The van der Waals surface area contributed by atoms with Gasteiger partial charge in [0.1, 0.15) is 0 Å². The van der Waals surface area contributed by atoms with Gasteiger partial charge >= 0.3 is 0 Å². The second kappa shape index (κ2) is 9.20. The molecule has 1 atom stereocenters. The van der Waals surface area contributed by atoms with E-state index in [0.717, 1.165) is 46.0 Å². The Morgan fingerprint density at radius 1 is 1.13 bits per heavy atom. The summed E-state index contributed by atoms with van der Waals surface area (Å²) in [7, 11) is -3.60. The predicted octanol–water partition coefficient (Wildman–Crippen LogP) is 4.37. The van der Waals surface area contributed by atoms with Crippen molar-refractivity contribution in [2.45, 2.75) is 31.7 Å². The fourth-order valence-electron chi connectivity index (χ4n) is 3.58. The van der Waals surface area contributed by atoms with E-state index in [-0.39, 0.29) is 6.04 Å². The van der Waals surface area contributed by atoms with Gasteiger partial charge in [-0.1, -0.05) is 60.7 Å². The van der Waals surface area contributed by atoms with E-state index in [0.29, 0.717) is 6.54 Å². The zero-order chi connectivity index (χ0) is 21.0. The van der Waals surface area contributed by atoms with E-state index < -0.39 is 10.0 Å². The summed E-state index contributed by atoms with van der Waals surface area (Å²) in [5.41, 5.74) is 5.16. The van der Waals surface area contributed by atoms with Crippen LogP contribution in [-0.2, 0) is 28.7 Å². The van der Waals surface area contributed by atoms with Gasteiger partial charge in [-0.05, 0) is 29.9 Å². The summed E-state index contributed by atoms with van der Waals surface area (Å²) in [6.45, 7) is 2.46. The SMILES string of the molecule is C[C@@H](NS(=O)(=O)/C=C/c1c2c(nn1Cc1ccccc1)CCSC2)c1ccccc1. The minimum atomic E-state index is -3.60. The van der Waals surface area contributed by atoms with Crippen molar-refractivity contribution in [3.63, 3.8) is 0 Å². The Labute approximate surface area is 182 Å². The lowest BCUT2D eigenvalue weighted by Crippen LogP contribution is -2.24. The lowest BCUT2D eigenvalue weighted by molar-refractivity contribution is 0.576. The molecule has 0 spiro atoms. The molecule has 3 aromatic rings. The largest absolute Gasteiger partial charge is 0.260 e. The maximum absolute atomic E-state index is 12.7. The number of hydrogen-bond acceptors (Lipinski definition) is 4. The number of benzene rings is 2. The van der Waals surface area contributed by atoms with Crippen LogP contribution >= 0.6 is 11.8 Å². The molecule has 0 saturated heterocycles. The van der Waals surface area contributed by atoms with Crippen LogP contribution in [-0.4, -0.2) is 24.0 Å². The van der Waals surface area contributed by atoms with E-state index in [1.54, 1.807) is 6.08 Å². The average Bonchev–Trinajstić information content (AvgIpc) is 3.10. The van der Waals surface area contributed by atoms with E-state index in [4.69, 9.17) is 5.10 Å². The Morgan fingerprint density at radius 3 is 2.57 bits per heavy atom. The maximum Gasteiger partial charge on any atom is 0.234 e. The number of fused-ring (bicyclic) bond motifs is 1. The third kappa shape index (κ3) is 5.03. The van der Waals surface area contributed by atoms with Crippen LogP contribution in [0.2, 0.25) is 0 Å². The van der Waals surface area contributed by atoms with Crippen LogP contribution in [0.4, 0.5) is 0 Å². The van der Waals surface area contributed by atoms with Crippen molar-refractivity contribution in [1.29, 1.82) is 0 Å². The summed E-state index contributed by atoms with van der Waals surface area (Å²) < 4.78 is 30.1. The number of rotatable bonds is 7. The molecule has 0 radical (unpaired) electrons. The Kier molecular flexibility index (Phi) is 6.41. The molecule has 2 heterocycles. The van der Waals surface area contributed by atoms with Crippen LogP contribution in [0.25, 0.3) is 6.08 Å². The molecule has 30 heavy (non-hydrogen) atoms. The number of thioether (sulfide) groups is 1. The summed E-state index contributed by atoms with van der Waals surface area (Å²) in [5.74, 6) is 1.91. The molecule has 1 aliphatic heterocycles.